The number of hydrogen-bond acceptors (Lipinski definition) is 1. The van der Waals surface area contributed by atoms with E-state index in [1.807, 2.05) is 18.2 Å². The molecule has 3 heteroatoms. The SMILES string of the molecule is CCNC(Cc1ccccc1C)c1c(Cl)cccc1Cl. The normalized spacial score (nSPS) is 12.4. The Balaban J connectivity index is 2.35. The predicted molar refractivity (Wildman–Crippen MR) is 87.8 cm³/mol. The van der Waals surface area contributed by atoms with E-state index in [1.165, 1.54) is 11.1 Å². The standard InChI is InChI=1S/C17H19Cl2N/c1-3-20-16(11-13-8-5-4-7-12(13)2)17-14(18)9-6-10-15(17)19/h4-10,16,20H,3,11H2,1-2H3. The van der Waals surface area contributed by atoms with Gasteiger partial charge in [0.05, 0.1) is 0 Å². The van der Waals surface area contributed by atoms with E-state index in [9.17, 15) is 0 Å². The highest BCUT2D eigenvalue weighted by atomic mass is 35.5. The van der Waals surface area contributed by atoms with Gasteiger partial charge in [-0.15, -0.1) is 0 Å². The molecule has 1 atom stereocenters. The number of halogens is 2. The van der Waals surface area contributed by atoms with Crippen molar-refractivity contribution in [1.29, 1.82) is 0 Å². The van der Waals surface area contributed by atoms with Gasteiger partial charge in [0.2, 0.25) is 0 Å². The Kier molecular flexibility index (Phi) is 5.47. The molecule has 0 spiro atoms. The fraction of sp³-hybridized carbons (Fsp3) is 0.294. The number of aryl methyl sites for hydroxylation is 1. The van der Waals surface area contributed by atoms with Crippen molar-refractivity contribution < 1.29 is 0 Å². The van der Waals surface area contributed by atoms with Gasteiger partial charge in [0.1, 0.15) is 0 Å². The highest BCUT2D eigenvalue weighted by Gasteiger charge is 2.18. The lowest BCUT2D eigenvalue weighted by atomic mass is 9.96. The van der Waals surface area contributed by atoms with Gasteiger partial charge in [-0.05, 0) is 43.1 Å². The number of nitrogens with one attached hydrogen (secondary N) is 1. The zero-order valence-corrected chi connectivity index (χ0v) is 13.3. The Hall–Kier alpha value is -1.02. The zero-order valence-electron chi connectivity index (χ0n) is 11.8. The fourth-order valence-corrected chi connectivity index (χ4v) is 3.09. The monoisotopic (exact) mass is 307 g/mol. The first-order valence-electron chi connectivity index (χ1n) is 6.85. The molecule has 0 radical (unpaired) electrons. The van der Waals surface area contributed by atoms with Crippen LogP contribution in [0.4, 0.5) is 0 Å². The molecular weight excluding hydrogens is 289 g/mol. The summed E-state index contributed by atoms with van der Waals surface area (Å²) >= 11 is 12.7. The third-order valence-electron chi connectivity index (χ3n) is 3.48. The Morgan fingerprint density at radius 3 is 2.25 bits per heavy atom. The maximum Gasteiger partial charge on any atom is 0.0468 e. The van der Waals surface area contributed by atoms with Gasteiger partial charge in [0, 0.05) is 21.7 Å². The maximum absolute atomic E-state index is 6.34. The molecule has 1 N–H and O–H groups in total. The molecule has 20 heavy (non-hydrogen) atoms. The van der Waals surface area contributed by atoms with Crippen molar-refractivity contribution in [2.45, 2.75) is 26.3 Å². The summed E-state index contributed by atoms with van der Waals surface area (Å²) < 4.78 is 0. The number of benzene rings is 2. The summed E-state index contributed by atoms with van der Waals surface area (Å²) in [7, 11) is 0. The minimum atomic E-state index is 0.127. The van der Waals surface area contributed by atoms with Crippen LogP contribution in [0.3, 0.4) is 0 Å². The summed E-state index contributed by atoms with van der Waals surface area (Å²) in [6, 6.07) is 14.2. The van der Waals surface area contributed by atoms with Crippen molar-refractivity contribution in [1.82, 2.24) is 5.32 Å². The van der Waals surface area contributed by atoms with Crippen LogP contribution in [0, 0.1) is 6.92 Å². The van der Waals surface area contributed by atoms with Crippen molar-refractivity contribution in [3.05, 3.63) is 69.2 Å². The summed E-state index contributed by atoms with van der Waals surface area (Å²) in [5.41, 5.74) is 3.59. The van der Waals surface area contributed by atoms with Gasteiger partial charge in [0.25, 0.3) is 0 Å². The molecule has 0 bridgehead atoms. The molecule has 1 unspecified atom stereocenters. The molecule has 0 aromatic heterocycles. The Morgan fingerprint density at radius 2 is 1.65 bits per heavy atom. The second-order valence-corrected chi connectivity index (χ2v) is 5.69. The lowest BCUT2D eigenvalue weighted by Gasteiger charge is -2.22. The molecule has 0 fully saturated rings. The molecule has 2 aromatic carbocycles. The van der Waals surface area contributed by atoms with E-state index in [0.29, 0.717) is 0 Å². The van der Waals surface area contributed by atoms with Crippen molar-refractivity contribution in [3.8, 4) is 0 Å². The van der Waals surface area contributed by atoms with Crippen molar-refractivity contribution >= 4 is 23.2 Å². The van der Waals surface area contributed by atoms with Gasteiger partial charge in [-0.1, -0.05) is 60.5 Å². The third-order valence-corrected chi connectivity index (χ3v) is 4.14. The van der Waals surface area contributed by atoms with Crippen LogP contribution in [0.15, 0.2) is 42.5 Å². The van der Waals surface area contributed by atoms with Crippen molar-refractivity contribution in [2.24, 2.45) is 0 Å². The van der Waals surface area contributed by atoms with E-state index in [-0.39, 0.29) is 6.04 Å². The van der Waals surface area contributed by atoms with Crippen molar-refractivity contribution in [2.75, 3.05) is 6.54 Å². The Labute approximate surface area is 130 Å². The number of likely N-dealkylation sites (N-methyl/N-ethyl adjacent to an activating group) is 1. The van der Waals surface area contributed by atoms with E-state index in [0.717, 1.165) is 28.6 Å². The van der Waals surface area contributed by atoms with Gasteiger partial charge in [-0.3, -0.25) is 0 Å². The first-order valence-corrected chi connectivity index (χ1v) is 7.61. The summed E-state index contributed by atoms with van der Waals surface area (Å²) in [6.45, 7) is 5.10. The highest BCUT2D eigenvalue weighted by molar-refractivity contribution is 6.36. The van der Waals surface area contributed by atoms with Crippen molar-refractivity contribution in [3.63, 3.8) is 0 Å². The molecule has 0 aliphatic carbocycles. The van der Waals surface area contributed by atoms with Crippen LogP contribution in [0.2, 0.25) is 10.0 Å². The number of rotatable bonds is 5. The average Bonchev–Trinajstić information content (AvgIpc) is 2.41. The Morgan fingerprint density at radius 1 is 1.00 bits per heavy atom. The zero-order chi connectivity index (χ0) is 14.5. The van der Waals surface area contributed by atoms with Crippen LogP contribution >= 0.6 is 23.2 Å². The average molecular weight is 308 g/mol. The fourth-order valence-electron chi connectivity index (χ4n) is 2.43. The lowest BCUT2D eigenvalue weighted by molar-refractivity contribution is 0.549. The summed E-state index contributed by atoms with van der Waals surface area (Å²) in [6.07, 6.45) is 0.879. The molecule has 2 aromatic rings. The van der Waals surface area contributed by atoms with Crippen LogP contribution in [0.1, 0.15) is 29.7 Å². The van der Waals surface area contributed by atoms with Crippen LogP contribution in [-0.4, -0.2) is 6.54 Å². The van der Waals surface area contributed by atoms with E-state index in [1.54, 1.807) is 0 Å². The molecular formula is C17H19Cl2N. The van der Waals surface area contributed by atoms with E-state index in [2.05, 4.69) is 43.4 Å². The first-order chi connectivity index (χ1) is 9.63. The molecule has 106 valence electrons. The minimum absolute atomic E-state index is 0.127. The smallest absolute Gasteiger partial charge is 0.0468 e. The van der Waals surface area contributed by atoms with Crippen LogP contribution in [0.5, 0.6) is 0 Å². The molecule has 0 amide bonds. The van der Waals surface area contributed by atoms with Gasteiger partial charge >= 0.3 is 0 Å². The quantitative estimate of drug-likeness (QED) is 0.801. The molecule has 0 aliphatic heterocycles. The summed E-state index contributed by atoms with van der Waals surface area (Å²) in [4.78, 5) is 0. The van der Waals surface area contributed by atoms with Crippen LogP contribution in [0.25, 0.3) is 0 Å². The maximum atomic E-state index is 6.34. The topological polar surface area (TPSA) is 12.0 Å². The van der Waals surface area contributed by atoms with Crippen LogP contribution in [-0.2, 0) is 6.42 Å². The van der Waals surface area contributed by atoms with Gasteiger partial charge in [-0.2, -0.15) is 0 Å². The van der Waals surface area contributed by atoms with Crippen LogP contribution < -0.4 is 5.32 Å². The van der Waals surface area contributed by atoms with Gasteiger partial charge < -0.3 is 5.32 Å². The van der Waals surface area contributed by atoms with Gasteiger partial charge in [-0.25, -0.2) is 0 Å². The lowest BCUT2D eigenvalue weighted by Crippen LogP contribution is -2.24. The molecule has 1 nitrogen and oxygen atoms in total. The minimum Gasteiger partial charge on any atom is -0.310 e. The van der Waals surface area contributed by atoms with E-state index >= 15 is 0 Å². The highest BCUT2D eigenvalue weighted by Crippen LogP contribution is 2.32. The molecule has 0 saturated carbocycles. The molecule has 0 heterocycles. The third kappa shape index (κ3) is 3.54. The molecule has 0 aliphatic rings. The van der Waals surface area contributed by atoms with Gasteiger partial charge in [0.15, 0.2) is 0 Å². The predicted octanol–water partition coefficient (Wildman–Crippen LogP) is 5.20. The second-order valence-electron chi connectivity index (χ2n) is 4.88. The van der Waals surface area contributed by atoms with E-state index in [4.69, 9.17) is 23.2 Å². The molecule has 2 rings (SSSR count). The second kappa shape index (κ2) is 7.12. The first kappa shape index (κ1) is 15.4. The largest absolute Gasteiger partial charge is 0.310 e. The molecule has 0 saturated heterocycles. The summed E-state index contributed by atoms with van der Waals surface area (Å²) in [5.74, 6) is 0. The number of hydrogen-bond donors (Lipinski definition) is 1. The van der Waals surface area contributed by atoms with E-state index < -0.39 is 0 Å². The Bertz CT molecular complexity index is 561. The summed E-state index contributed by atoms with van der Waals surface area (Å²) in [5, 5.41) is 4.93.